The predicted molar refractivity (Wildman–Crippen MR) is 108 cm³/mol. The zero-order chi connectivity index (χ0) is 19.2. The second kappa shape index (κ2) is 10.1. The number of rotatable bonds is 5. The van der Waals surface area contributed by atoms with E-state index in [9.17, 15) is 4.79 Å². The van der Waals surface area contributed by atoms with Crippen LogP contribution in [0.3, 0.4) is 0 Å². The molecule has 2 aliphatic heterocycles. The highest BCUT2D eigenvalue weighted by molar-refractivity contribution is 6.42. The molecule has 0 unspecified atom stereocenters. The third kappa shape index (κ3) is 5.58. The van der Waals surface area contributed by atoms with Crippen molar-refractivity contribution in [2.75, 3.05) is 45.9 Å². The van der Waals surface area contributed by atoms with E-state index in [1.54, 1.807) is 0 Å². The first-order valence-corrected chi connectivity index (χ1v) is 10.5. The van der Waals surface area contributed by atoms with Gasteiger partial charge in [0.1, 0.15) is 0 Å². The molecular formula is C20H28Cl2N2O3. The third-order valence-electron chi connectivity index (χ3n) is 5.44. The lowest BCUT2D eigenvalue weighted by molar-refractivity contribution is -0.149. The molecule has 0 amide bonds. The topological polar surface area (TPSA) is 50.8 Å². The van der Waals surface area contributed by atoms with Gasteiger partial charge >= 0.3 is 5.97 Å². The molecular weight excluding hydrogens is 387 g/mol. The van der Waals surface area contributed by atoms with Crippen molar-refractivity contribution >= 4 is 29.2 Å². The van der Waals surface area contributed by atoms with Crippen molar-refractivity contribution in [2.24, 2.45) is 5.92 Å². The van der Waals surface area contributed by atoms with Gasteiger partial charge in [0.15, 0.2) is 0 Å². The first kappa shape index (κ1) is 20.9. The van der Waals surface area contributed by atoms with Gasteiger partial charge in [0.25, 0.3) is 0 Å². The highest BCUT2D eigenvalue weighted by Crippen LogP contribution is 2.30. The van der Waals surface area contributed by atoms with Gasteiger partial charge in [-0.1, -0.05) is 29.3 Å². The monoisotopic (exact) mass is 414 g/mol. The van der Waals surface area contributed by atoms with E-state index in [0.717, 1.165) is 51.1 Å². The third-order valence-corrected chi connectivity index (χ3v) is 6.18. The molecule has 0 radical (unpaired) electrons. The van der Waals surface area contributed by atoms with Crippen molar-refractivity contribution in [1.29, 1.82) is 0 Å². The average Bonchev–Trinajstić information content (AvgIpc) is 2.90. The Hall–Kier alpha value is -0.850. The van der Waals surface area contributed by atoms with E-state index in [4.69, 9.17) is 32.7 Å². The van der Waals surface area contributed by atoms with Gasteiger partial charge in [-0.15, -0.1) is 0 Å². The Morgan fingerprint density at radius 1 is 1.30 bits per heavy atom. The van der Waals surface area contributed by atoms with Crippen LogP contribution < -0.4 is 5.32 Å². The zero-order valence-electron chi connectivity index (χ0n) is 15.8. The Balaban J connectivity index is 1.63. The Kier molecular flexibility index (Phi) is 7.79. The van der Waals surface area contributed by atoms with E-state index in [0.29, 0.717) is 23.3 Å². The lowest BCUT2D eigenvalue weighted by Crippen LogP contribution is -2.43. The van der Waals surface area contributed by atoms with Crippen LogP contribution in [0.4, 0.5) is 0 Å². The van der Waals surface area contributed by atoms with Crippen LogP contribution in [-0.4, -0.2) is 62.9 Å². The summed E-state index contributed by atoms with van der Waals surface area (Å²) in [6.07, 6.45) is 1.78. The number of benzene rings is 1. The number of halogens is 2. The van der Waals surface area contributed by atoms with Crippen molar-refractivity contribution < 1.29 is 14.3 Å². The van der Waals surface area contributed by atoms with Gasteiger partial charge in [0, 0.05) is 25.6 Å². The molecule has 2 aliphatic rings. The minimum Gasteiger partial charge on any atom is -0.466 e. The standard InChI is InChI=1S/C20H28Cl2N2O3/c1-2-26-20(25)14-5-8-24(9-6-14)13-19-16(12-23-7-10-27-19)15-3-4-17(21)18(22)11-15/h3-4,11,14,16,19,23H,2,5-10,12-13H2,1H3/t16-,19+/m0/s1. The van der Waals surface area contributed by atoms with Crippen LogP contribution in [0.2, 0.25) is 10.0 Å². The Morgan fingerprint density at radius 2 is 2.07 bits per heavy atom. The molecule has 5 nitrogen and oxygen atoms in total. The average molecular weight is 415 g/mol. The van der Waals surface area contributed by atoms with Crippen LogP contribution in [-0.2, 0) is 14.3 Å². The molecule has 27 heavy (non-hydrogen) atoms. The number of hydrogen-bond acceptors (Lipinski definition) is 5. The highest BCUT2D eigenvalue weighted by Gasteiger charge is 2.31. The van der Waals surface area contributed by atoms with Gasteiger partial charge in [0.05, 0.1) is 35.3 Å². The van der Waals surface area contributed by atoms with E-state index >= 15 is 0 Å². The number of ether oxygens (including phenoxy) is 2. The number of carbonyl (C=O) groups is 1. The highest BCUT2D eigenvalue weighted by atomic mass is 35.5. The molecule has 1 aromatic rings. The summed E-state index contributed by atoms with van der Waals surface area (Å²) in [5.74, 6) is 0.189. The predicted octanol–water partition coefficient (Wildman–Crippen LogP) is 3.34. The first-order chi connectivity index (χ1) is 13.1. The van der Waals surface area contributed by atoms with Crippen molar-refractivity contribution in [3.8, 4) is 0 Å². The van der Waals surface area contributed by atoms with Crippen molar-refractivity contribution in [1.82, 2.24) is 10.2 Å². The summed E-state index contributed by atoms with van der Waals surface area (Å²) in [5.41, 5.74) is 1.14. The van der Waals surface area contributed by atoms with Gasteiger partial charge in [-0.25, -0.2) is 0 Å². The van der Waals surface area contributed by atoms with Gasteiger partial charge < -0.3 is 19.7 Å². The number of nitrogens with one attached hydrogen (secondary N) is 1. The van der Waals surface area contributed by atoms with Crippen molar-refractivity contribution in [3.05, 3.63) is 33.8 Å². The van der Waals surface area contributed by atoms with Crippen LogP contribution in [0.1, 0.15) is 31.2 Å². The molecule has 2 fully saturated rings. The summed E-state index contributed by atoms with van der Waals surface area (Å²) >= 11 is 12.3. The lowest BCUT2D eigenvalue weighted by atomic mass is 9.91. The number of hydrogen-bond donors (Lipinski definition) is 1. The molecule has 0 spiro atoms. The SMILES string of the molecule is CCOC(=O)C1CCN(C[C@H]2OCCNC[C@H]2c2ccc(Cl)c(Cl)c2)CC1. The van der Waals surface area contributed by atoms with Crippen molar-refractivity contribution in [2.45, 2.75) is 31.8 Å². The maximum absolute atomic E-state index is 11.9. The summed E-state index contributed by atoms with van der Waals surface area (Å²) in [6, 6.07) is 5.84. The summed E-state index contributed by atoms with van der Waals surface area (Å²) < 4.78 is 11.3. The van der Waals surface area contributed by atoms with Crippen LogP contribution in [0, 0.1) is 5.92 Å². The van der Waals surface area contributed by atoms with Gasteiger partial charge in [-0.05, 0) is 50.6 Å². The maximum atomic E-state index is 11.9. The largest absolute Gasteiger partial charge is 0.466 e. The van der Waals surface area contributed by atoms with E-state index in [1.165, 1.54) is 0 Å². The smallest absolute Gasteiger partial charge is 0.309 e. The van der Waals surface area contributed by atoms with E-state index in [-0.39, 0.29) is 23.9 Å². The first-order valence-electron chi connectivity index (χ1n) is 9.74. The molecule has 2 heterocycles. The molecule has 2 saturated heterocycles. The zero-order valence-corrected chi connectivity index (χ0v) is 17.3. The molecule has 0 bridgehead atoms. The molecule has 3 rings (SSSR count). The Morgan fingerprint density at radius 3 is 2.78 bits per heavy atom. The second-order valence-electron chi connectivity index (χ2n) is 7.22. The quantitative estimate of drug-likeness (QED) is 0.748. The second-order valence-corrected chi connectivity index (χ2v) is 8.03. The molecule has 1 aromatic carbocycles. The minimum atomic E-state index is -0.0549. The fourth-order valence-corrected chi connectivity index (χ4v) is 4.22. The number of likely N-dealkylation sites (tertiary alicyclic amines) is 1. The molecule has 1 N–H and O–H groups in total. The van der Waals surface area contributed by atoms with E-state index in [2.05, 4.69) is 10.2 Å². The van der Waals surface area contributed by atoms with Gasteiger partial charge in [-0.3, -0.25) is 4.79 Å². The molecule has 2 atom stereocenters. The van der Waals surface area contributed by atoms with Gasteiger partial charge in [0.2, 0.25) is 0 Å². The fraction of sp³-hybridized carbons (Fsp3) is 0.650. The Labute approximate surface area is 171 Å². The molecule has 0 saturated carbocycles. The van der Waals surface area contributed by atoms with Crippen LogP contribution in [0.5, 0.6) is 0 Å². The maximum Gasteiger partial charge on any atom is 0.309 e. The summed E-state index contributed by atoms with van der Waals surface area (Å²) in [5, 5.41) is 4.60. The molecule has 7 heteroatoms. The van der Waals surface area contributed by atoms with Crippen molar-refractivity contribution in [3.63, 3.8) is 0 Å². The lowest BCUT2D eigenvalue weighted by Gasteiger charge is -2.35. The minimum absolute atomic E-state index is 0.0313. The fourth-order valence-electron chi connectivity index (χ4n) is 3.91. The summed E-state index contributed by atoms with van der Waals surface area (Å²) in [4.78, 5) is 14.3. The summed E-state index contributed by atoms with van der Waals surface area (Å²) in [6.45, 7) is 7.34. The molecule has 0 aromatic heterocycles. The number of carbonyl (C=O) groups excluding carboxylic acids is 1. The molecule has 150 valence electrons. The summed E-state index contributed by atoms with van der Waals surface area (Å²) in [7, 11) is 0. The normalized spacial score (nSPS) is 25.1. The number of nitrogens with zero attached hydrogens (tertiary/aromatic N) is 1. The van der Waals surface area contributed by atoms with Gasteiger partial charge in [-0.2, -0.15) is 0 Å². The van der Waals surface area contributed by atoms with Crippen LogP contribution in [0.25, 0.3) is 0 Å². The number of piperidine rings is 1. The van der Waals surface area contributed by atoms with E-state index < -0.39 is 0 Å². The van der Waals surface area contributed by atoms with Crippen LogP contribution in [0.15, 0.2) is 18.2 Å². The van der Waals surface area contributed by atoms with E-state index in [1.807, 2.05) is 25.1 Å². The molecule has 0 aliphatic carbocycles. The Bertz CT molecular complexity index is 636. The number of esters is 1. The van der Waals surface area contributed by atoms with Crippen LogP contribution >= 0.6 is 23.2 Å².